The van der Waals surface area contributed by atoms with Gasteiger partial charge in [0.2, 0.25) is 41.4 Å². The Morgan fingerprint density at radius 2 is 1.15 bits per heavy atom. The minimum atomic E-state index is -1.55. The standard InChI is InChI=1S/C41H63N9O9S/c1-24(2)20-32(39(57)46-30(17-19-60-4)38(56)47-31(35(44)53)21-26-10-6-5-7-11-26)48-36(54)25(3)45-41(59)34(23-51)50-40(58)33(22-27-13-15-28(52)16-14-27)49-37(55)29(43)12-8-9-18-42/h5-7,10-11,13-16,24-25,29-34,51-52H,8-9,12,17-23,42-43H2,1-4H3,(H2,44,53)(H,45,59)(H,46,57)(H,47,56)(H,48,54)(H,49,55)(H,50,58)/t25-,29-,30-,31-,32-,33-,34-/m0/s1. The van der Waals surface area contributed by atoms with Crippen LogP contribution in [0, 0.1) is 5.92 Å². The molecule has 0 saturated heterocycles. The van der Waals surface area contributed by atoms with Crippen molar-refractivity contribution in [3.63, 3.8) is 0 Å². The molecule has 0 radical (unpaired) electrons. The number of amides is 7. The number of benzene rings is 2. The number of nitrogens with two attached hydrogens (primary N) is 3. The molecule has 19 heteroatoms. The molecule has 0 bridgehead atoms. The minimum absolute atomic E-state index is 0.00953. The Kier molecular flexibility index (Phi) is 22.7. The van der Waals surface area contributed by atoms with Crippen LogP contribution in [0.3, 0.4) is 0 Å². The Morgan fingerprint density at radius 3 is 1.73 bits per heavy atom. The molecule has 2 aromatic rings. The fourth-order valence-electron chi connectivity index (χ4n) is 5.96. The van der Waals surface area contributed by atoms with Crippen LogP contribution in [-0.2, 0) is 46.4 Å². The van der Waals surface area contributed by atoms with E-state index in [2.05, 4.69) is 31.9 Å². The van der Waals surface area contributed by atoms with Crippen molar-refractivity contribution >= 4 is 53.1 Å². The Bertz CT molecular complexity index is 1700. The van der Waals surface area contributed by atoms with Crippen molar-refractivity contribution < 1.29 is 43.8 Å². The molecular formula is C41H63N9O9S. The number of aromatic hydroxyl groups is 1. The number of nitrogens with one attached hydrogen (secondary N) is 6. The van der Waals surface area contributed by atoms with Gasteiger partial charge < -0.3 is 59.3 Å². The summed E-state index contributed by atoms with van der Waals surface area (Å²) in [7, 11) is 0. The van der Waals surface area contributed by atoms with Crippen LogP contribution >= 0.6 is 11.8 Å². The number of primary amides is 1. The lowest BCUT2D eigenvalue weighted by molar-refractivity contribution is -0.135. The minimum Gasteiger partial charge on any atom is -0.508 e. The number of hydrogen-bond acceptors (Lipinski definition) is 12. The van der Waals surface area contributed by atoms with Crippen LogP contribution < -0.4 is 49.1 Å². The summed E-state index contributed by atoms with van der Waals surface area (Å²) in [5, 5.41) is 35.3. The van der Waals surface area contributed by atoms with Crippen LogP contribution in [0.1, 0.15) is 64.0 Å². The van der Waals surface area contributed by atoms with Gasteiger partial charge in [0.15, 0.2) is 0 Å². The van der Waals surface area contributed by atoms with Gasteiger partial charge in [-0.3, -0.25) is 33.6 Å². The summed E-state index contributed by atoms with van der Waals surface area (Å²) in [6, 6.07) is 6.64. The molecule has 7 amide bonds. The van der Waals surface area contributed by atoms with Crippen LogP contribution in [0.4, 0.5) is 0 Å². The molecule has 18 nitrogen and oxygen atoms in total. The van der Waals surface area contributed by atoms with E-state index in [4.69, 9.17) is 17.2 Å². The van der Waals surface area contributed by atoms with Gasteiger partial charge in [-0.1, -0.05) is 62.7 Å². The molecule has 0 fully saturated rings. The van der Waals surface area contributed by atoms with Gasteiger partial charge in [0.25, 0.3) is 0 Å². The molecular weight excluding hydrogens is 795 g/mol. The van der Waals surface area contributed by atoms with Crippen molar-refractivity contribution in [1.82, 2.24) is 31.9 Å². The number of carbonyl (C=O) groups is 7. The lowest BCUT2D eigenvalue weighted by atomic mass is 10.0. The second-order valence-corrected chi connectivity index (χ2v) is 16.0. The highest BCUT2D eigenvalue weighted by Crippen LogP contribution is 2.13. The number of hydrogen-bond donors (Lipinski definition) is 11. The van der Waals surface area contributed by atoms with E-state index >= 15 is 0 Å². The summed E-state index contributed by atoms with van der Waals surface area (Å²) in [5.41, 5.74) is 18.5. The topological polar surface area (TPSA) is 310 Å². The van der Waals surface area contributed by atoms with E-state index < -0.39 is 90.3 Å². The predicted octanol–water partition coefficient (Wildman–Crippen LogP) is -1.16. The lowest BCUT2D eigenvalue weighted by Crippen LogP contribution is -2.60. The number of rotatable bonds is 27. The molecule has 0 aliphatic heterocycles. The highest BCUT2D eigenvalue weighted by Gasteiger charge is 2.33. The summed E-state index contributed by atoms with van der Waals surface area (Å²) < 4.78 is 0. The molecule has 2 rings (SSSR count). The summed E-state index contributed by atoms with van der Waals surface area (Å²) in [4.78, 5) is 92.7. The molecule has 0 spiro atoms. The molecule has 0 aromatic heterocycles. The third-order valence-electron chi connectivity index (χ3n) is 9.41. The smallest absolute Gasteiger partial charge is 0.245 e. The van der Waals surface area contributed by atoms with E-state index in [1.807, 2.05) is 26.2 Å². The van der Waals surface area contributed by atoms with E-state index in [0.29, 0.717) is 37.1 Å². The van der Waals surface area contributed by atoms with Crippen molar-refractivity contribution in [2.75, 3.05) is 25.2 Å². The van der Waals surface area contributed by atoms with Gasteiger partial charge in [0.1, 0.15) is 42.0 Å². The molecule has 0 saturated carbocycles. The lowest BCUT2D eigenvalue weighted by Gasteiger charge is -2.27. The van der Waals surface area contributed by atoms with E-state index in [1.165, 1.54) is 30.8 Å². The van der Waals surface area contributed by atoms with Gasteiger partial charge in [-0.05, 0) is 80.3 Å². The Morgan fingerprint density at radius 1 is 0.633 bits per heavy atom. The molecule has 7 atom stereocenters. The van der Waals surface area contributed by atoms with E-state index in [0.717, 1.165) is 5.56 Å². The molecule has 0 heterocycles. The first-order valence-corrected chi connectivity index (χ1v) is 21.4. The van der Waals surface area contributed by atoms with Crippen molar-refractivity contribution in [2.45, 2.75) is 108 Å². The first-order valence-electron chi connectivity index (χ1n) is 20.0. The normalized spacial score (nSPS) is 14.6. The van der Waals surface area contributed by atoms with E-state index in [9.17, 15) is 43.8 Å². The highest BCUT2D eigenvalue weighted by molar-refractivity contribution is 7.98. The number of phenolic OH excluding ortho intramolecular Hbond substituents is 1. The maximum absolute atomic E-state index is 13.7. The number of thioether (sulfide) groups is 1. The maximum Gasteiger partial charge on any atom is 0.245 e. The fourth-order valence-corrected chi connectivity index (χ4v) is 6.43. The second-order valence-electron chi connectivity index (χ2n) is 15.0. The number of phenols is 1. The zero-order valence-electron chi connectivity index (χ0n) is 34.8. The van der Waals surface area contributed by atoms with E-state index in [-0.39, 0.29) is 37.4 Å². The van der Waals surface area contributed by atoms with Crippen LogP contribution in [0.15, 0.2) is 54.6 Å². The van der Waals surface area contributed by atoms with Gasteiger partial charge in [0.05, 0.1) is 12.6 Å². The molecule has 0 unspecified atom stereocenters. The first kappa shape index (κ1) is 50.9. The summed E-state index contributed by atoms with van der Waals surface area (Å²) >= 11 is 1.45. The average Bonchev–Trinajstić information content (AvgIpc) is 3.21. The molecule has 60 heavy (non-hydrogen) atoms. The summed E-state index contributed by atoms with van der Waals surface area (Å²) in [6.45, 7) is 4.56. The van der Waals surface area contributed by atoms with Crippen LogP contribution in [-0.4, -0.2) is 119 Å². The van der Waals surface area contributed by atoms with Gasteiger partial charge in [0, 0.05) is 12.8 Å². The number of aliphatic hydroxyl groups excluding tert-OH is 1. The van der Waals surface area contributed by atoms with E-state index in [1.54, 1.807) is 36.4 Å². The zero-order chi connectivity index (χ0) is 44.8. The van der Waals surface area contributed by atoms with Gasteiger partial charge >= 0.3 is 0 Å². The van der Waals surface area contributed by atoms with Gasteiger partial charge in [-0.15, -0.1) is 0 Å². The van der Waals surface area contributed by atoms with Crippen LogP contribution in [0.25, 0.3) is 0 Å². The molecule has 0 aliphatic carbocycles. The predicted molar refractivity (Wildman–Crippen MR) is 229 cm³/mol. The fraction of sp³-hybridized carbons (Fsp3) is 0.537. The van der Waals surface area contributed by atoms with Gasteiger partial charge in [-0.25, -0.2) is 0 Å². The number of carbonyl (C=O) groups excluding carboxylic acids is 7. The van der Waals surface area contributed by atoms with Crippen molar-refractivity contribution in [1.29, 1.82) is 0 Å². The number of unbranched alkanes of at least 4 members (excludes halogenated alkanes) is 1. The zero-order valence-corrected chi connectivity index (χ0v) is 35.6. The van der Waals surface area contributed by atoms with Crippen LogP contribution in [0.2, 0.25) is 0 Å². The third kappa shape index (κ3) is 18.4. The largest absolute Gasteiger partial charge is 0.508 e. The molecule has 14 N–H and O–H groups in total. The average molecular weight is 858 g/mol. The number of aliphatic hydroxyl groups is 1. The van der Waals surface area contributed by atoms with Crippen molar-refractivity contribution in [2.24, 2.45) is 23.1 Å². The Balaban J connectivity index is 2.15. The monoisotopic (exact) mass is 857 g/mol. The van der Waals surface area contributed by atoms with Gasteiger partial charge in [-0.2, -0.15) is 11.8 Å². The highest BCUT2D eigenvalue weighted by atomic mass is 32.2. The Labute approximate surface area is 355 Å². The quantitative estimate of drug-likeness (QED) is 0.0475. The molecule has 0 aliphatic rings. The SMILES string of the molecule is CSCC[C@H](NC(=O)[C@H](CC(C)C)NC(=O)[C@H](C)NC(=O)[C@H](CO)NC(=O)[C@H](Cc1ccc(O)cc1)NC(=O)[C@@H](N)CCCCN)C(=O)N[C@@H](Cc1ccccc1)C(N)=O. The summed E-state index contributed by atoms with van der Waals surface area (Å²) in [5.74, 6) is -4.81. The molecule has 332 valence electrons. The van der Waals surface area contributed by atoms with Crippen LogP contribution in [0.5, 0.6) is 5.75 Å². The molecule has 2 aromatic carbocycles. The van der Waals surface area contributed by atoms with Crippen molar-refractivity contribution in [3.05, 3.63) is 65.7 Å². The second kappa shape index (κ2) is 26.8. The Hall–Kier alpha value is -5.24. The summed E-state index contributed by atoms with van der Waals surface area (Å²) in [6.07, 6.45) is 3.85. The third-order valence-corrected chi connectivity index (χ3v) is 10.1. The first-order chi connectivity index (χ1) is 28.5. The maximum atomic E-state index is 13.7. The van der Waals surface area contributed by atoms with Crippen molar-refractivity contribution in [3.8, 4) is 5.75 Å².